The molecule has 4 rings (SSSR count). The molecule has 1 saturated carbocycles. The number of rotatable bonds is 8. The summed E-state index contributed by atoms with van der Waals surface area (Å²) in [4.78, 5) is 11.9. The molecule has 3 aromatic rings. The lowest BCUT2D eigenvalue weighted by molar-refractivity contribution is -0.0497. The van der Waals surface area contributed by atoms with Gasteiger partial charge in [-0.3, -0.25) is 5.32 Å². The van der Waals surface area contributed by atoms with Crippen LogP contribution >= 0.6 is 0 Å². The zero-order chi connectivity index (χ0) is 22.8. The molecule has 1 fully saturated rings. The number of nitrogen functional groups attached to an aromatic ring is 1. The molecule has 170 valence electrons. The van der Waals surface area contributed by atoms with E-state index in [4.69, 9.17) is 10.5 Å². The van der Waals surface area contributed by atoms with Crippen molar-refractivity contribution >= 4 is 28.4 Å². The van der Waals surface area contributed by atoms with E-state index in [1.165, 1.54) is 6.07 Å². The number of aromatic nitrogens is 1. The van der Waals surface area contributed by atoms with Crippen LogP contribution in [0.1, 0.15) is 26.7 Å². The number of amides is 1. The highest BCUT2D eigenvalue weighted by Crippen LogP contribution is 2.41. The second kappa shape index (κ2) is 9.06. The number of halogens is 2. The first-order valence-electron chi connectivity index (χ1n) is 10.7. The third kappa shape index (κ3) is 4.95. The number of nitrogens with zero attached hydrogens (tertiary/aromatic N) is 1. The molecule has 0 unspecified atom stereocenters. The second-order valence-electron chi connectivity index (χ2n) is 8.57. The van der Waals surface area contributed by atoms with Crippen LogP contribution in [0.15, 0.2) is 42.5 Å². The van der Waals surface area contributed by atoms with E-state index in [0.29, 0.717) is 23.9 Å². The van der Waals surface area contributed by atoms with Gasteiger partial charge in [-0.05, 0) is 48.9 Å². The van der Waals surface area contributed by atoms with E-state index < -0.39 is 12.7 Å². The Balaban J connectivity index is 1.65. The number of ether oxygens (including phenoxy) is 2. The zero-order valence-electron chi connectivity index (χ0n) is 18.1. The Labute approximate surface area is 185 Å². The second-order valence-corrected chi connectivity index (χ2v) is 8.57. The number of nitrogens with two attached hydrogens (primary N) is 1. The van der Waals surface area contributed by atoms with Crippen molar-refractivity contribution in [1.82, 2.24) is 4.57 Å². The maximum atomic E-state index is 12.7. The van der Waals surface area contributed by atoms with Crippen molar-refractivity contribution < 1.29 is 23.0 Å². The average molecular weight is 443 g/mol. The quantitative estimate of drug-likeness (QED) is 0.440. The molecule has 1 aromatic heterocycles. The first kappa shape index (κ1) is 21.9. The van der Waals surface area contributed by atoms with Gasteiger partial charge in [0.05, 0.1) is 23.5 Å². The van der Waals surface area contributed by atoms with E-state index in [0.717, 1.165) is 41.5 Å². The predicted molar refractivity (Wildman–Crippen MR) is 121 cm³/mol. The summed E-state index contributed by atoms with van der Waals surface area (Å²) in [5.74, 6) is 0.902. The number of benzene rings is 2. The molecule has 2 aromatic carbocycles. The molecule has 0 atom stereocenters. The SMILES string of the molecule is CC(C)COC(=O)Nc1ccc(-c2c(N)c3ccc(OC(F)F)cc3n2CC2CC2)cc1. The lowest BCUT2D eigenvalue weighted by Gasteiger charge is -2.13. The van der Waals surface area contributed by atoms with Crippen LogP contribution in [-0.4, -0.2) is 23.9 Å². The number of fused-ring (bicyclic) bond motifs is 1. The fourth-order valence-electron chi connectivity index (χ4n) is 3.70. The van der Waals surface area contributed by atoms with Crippen molar-refractivity contribution in [3.05, 3.63) is 42.5 Å². The van der Waals surface area contributed by atoms with Gasteiger partial charge in [-0.25, -0.2) is 4.79 Å². The molecule has 0 spiro atoms. The molecule has 1 aliphatic rings. The summed E-state index contributed by atoms with van der Waals surface area (Å²) >= 11 is 0. The van der Waals surface area contributed by atoms with Gasteiger partial charge in [0.1, 0.15) is 5.75 Å². The summed E-state index contributed by atoms with van der Waals surface area (Å²) in [7, 11) is 0. The van der Waals surface area contributed by atoms with Crippen molar-refractivity contribution in [2.75, 3.05) is 17.7 Å². The molecule has 6 nitrogen and oxygen atoms in total. The molecular formula is C24H27F2N3O3. The van der Waals surface area contributed by atoms with Crippen LogP contribution in [0.4, 0.5) is 25.0 Å². The van der Waals surface area contributed by atoms with Gasteiger partial charge in [0.2, 0.25) is 0 Å². The maximum Gasteiger partial charge on any atom is 0.411 e. The molecule has 1 amide bonds. The summed E-state index contributed by atoms with van der Waals surface area (Å²) in [5, 5.41) is 3.51. The Morgan fingerprint density at radius 2 is 1.91 bits per heavy atom. The van der Waals surface area contributed by atoms with E-state index in [9.17, 15) is 13.6 Å². The Morgan fingerprint density at radius 3 is 2.53 bits per heavy atom. The molecular weight excluding hydrogens is 416 g/mol. The highest BCUT2D eigenvalue weighted by atomic mass is 19.3. The van der Waals surface area contributed by atoms with Crippen molar-refractivity contribution in [2.45, 2.75) is 39.8 Å². The van der Waals surface area contributed by atoms with Crippen molar-refractivity contribution in [3.8, 4) is 17.0 Å². The summed E-state index contributed by atoms with van der Waals surface area (Å²) in [6, 6.07) is 12.2. The summed E-state index contributed by atoms with van der Waals surface area (Å²) in [6.45, 7) is 2.15. The lowest BCUT2D eigenvalue weighted by Crippen LogP contribution is -2.16. The van der Waals surface area contributed by atoms with Crippen LogP contribution in [0, 0.1) is 11.8 Å². The van der Waals surface area contributed by atoms with Gasteiger partial charge in [0.15, 0.2) is 0 Å². The minimum atomic E-state index is -2.89. The van der Waals surface area contributed by atoms with Crippen molar-refractivity contribution in [1.29, 1.82) is 0 Å². The molecule has 8 heteroatoms. The van der Waals surface area contributed by atoms with Gasteiger partial charge in [0.25, 0.3) is 0 Å². The minimum absolute atomic E-state index is 0.105. The highest BCUT2D eigenvalue weighted by molar-refractivity contribution is 6.01. The Hall–Kier alpha value is -3.29. The van der Waals surface area contributed by atoms with E-state index in [2.05, 4.69) is 14.6 Å². The molecule has 1 heterocycles. The zero-order valence-corrected chi connectivity index (χ0v) is 18.1. The van der Waals surface area contributed by atoms with Gasteiger partial charge in [0, 0.05) is 29.2 Å². The average Bonchev–Trinajstić information content (AvgIpc) is 3.52. The standard InChI is InChI=1S/C24H27F2N3O3/c1-14(2)13-31-24(30)28-17-7-5-16(6-8-17)22-21(27)19-10-9-18(32-23(25)26)11-20(19)29(22)12-15-3-4-15/h5-11,14-15,23H,3-4,12-13,27H2,1-2H3,(H,28,30). The minimum Gasteiger partial charge on any atom is -0.449 e. The molecule has 0 bridgehead atoms. The van der Waals surface area contributed by atoms with Gasteiger partial charge in [-0.1, -0.05) is 26.0 Å². The van der Waals surface area contributed by atoms with Gasteiger partial charge in [-0.2, -0.15) is 8.78 Å². The number of carbonyl (C=O) groups is 1. The first-order chi connectivity index (χ1) is 15.3. The number of hydrogen-bond acceptors (Lipinski definition) is 4. The number of nitrogens with one attached hydrogen (secondary N) is 1. The van der Waals surface area contributed by atoms with Gasteiger partial charge in [-0.15, -0.1) is 0 Å². The molecule has 3 N–H and O–H groups in total. The van der Waals surface area contributed by atoms with Gasteiger partial charge >= 0.3 is 12.7 Å². The Kier molecular flexibility index (Phi) is 6.21. The van der Waals surface area contributed by atoms with Crippen LogP contribution < -0.4 is 15.8 Å². The third-order valence-corrected chi connectivity index (χ3v) is 5.39. The lowest BCUT2D eigenvalue weighted by atomic mass is 10.1. The Bertz CT molecular complexity index is 1110. The van der Waals surface area contributed by atoms with Gasteiger partial charge < -0.3 is 19.8 Å². The molecule has 1 aliphatic carbocycles. The smallest absolute Gasteiger partial charge is 0.411 e. The fraction of sp³-hybridized carbons (Fsp3) is 0.375. The van der Waals surface area contributed by atoms with E-state index in [1.807, 2.05) is 26.0 Å². The van der Waals surface area contributed by atoms with Crippen LogP contribution in [0.2, 0.25) is 0 Å². The number of carbonyl (C=O) groups excluding carboxylic acids is 1. The molecule has 0 saturated heterocycles. The Morgan fingerprint density at radius 1 is 1.19 bits per heavy atom. The number of alkyl halides is 2. The van der Waals surface area contributed by atoms with Crippen molar-refractivity contribution in [3.63, 3.8) is 0 Å². The molecule has 32 heavy (non-hydrogen) atoms. The van der Waals surface area contributed by atoms with Crippen LogP contribution in [0.3, 0.4) is 0 Å². The van der Waals surface area contributed by atoms with Crippen LogP contribution in [-0.2, 0) is 11.3 Å². The van der Waals surface area contributed by atoms with Crippen LogP contribution in [0.5, 0.6) is 5.75 Å². The normalized spacial score (nSPS) is 13.7. The number of anilines is 2. The van der Waals surface area contributed by atoms with Crippen LogP contribution in [0.25, 0.3) is 22.2 Å². The summed E-state index contributed by atoms with van der Waals surface area (Å²) < 4.78 is 37.3. The predicted octanol–water partition coefficient (Wildman–Crippen LogP) is 6.11. The fourth-order valence-corrected chi connectivity index (χ4v) is 3.70. The first-order valence-corrected chi connectivity index (χ1v) is 10.7. The van der Waals surface area contributed by atoms with E-state index in [1.54, 1.807) is 24.3 Å². The summed E-state index contributed by atoms with van der Waals surface area (Å²) in [5.41, 5.74) is 10.2. The van der Waals surface area contributed by atoms with E-state index >= 15 is 0 Å². The largest absolute Gasteiger partial charge is 0.449 e. The maximum absolute atomic E-state index is 12.7. The topological polar surface area (TPSA) is 78.5 Å². The molecule has 0 radical (unpaired) electrons. The van der Waals surface area contributed by atoms with Crippen molar-refractivity contribution in [2.24, 2.45) is 11.8 Å². The number of hydrogen-bond donors (Lipinski definition) is 2. The third-order valence-electron chi connectivity index (χ3n) is 5.39. The molecule has 0 aliphatic heterocycles. The summed E-state index contributed by atoms with van der Waals surface area (Å²) in [6.07, 6.45) is 1.77. The highest BCUT2D eigenvalue weighted by Gasteiger charge is 2.26. The monoisotopic (exact) mass is 443 g/mol. The van der Waals surface area contributed by atoms with E-state index in [-0.39, 0.29) is 11.7 Å².